The highest BCUT2D eigenvalue weighted by molar-refractivity contribution is 7.87. The van der Waals surface area contributed by atoms with Gasteiger partial charge in [0, 0.05) is 19.0 Å². The zero-order chi connectivity index (χ0) is 22.1. The summed E-state index contributed by atoms with van der Waals surface area (Å²) >= 11 is 0. The zero-order valence-corrected chi connectivity index (χ0v) is 18.0. The summed E-state index contributed by atoms with van der Waals surface area (Å²) in [5, 5.41) is 3.36. The van der Waals surface area contributed by atoms with E-state index >= 15 is 0 Å². The number of ether oxygens (including phenoxy) is 1. The minimum atomic E-state index is -3.94. The Labute approximate surface area is 183 Å². The summed E-state index contributed by atoms with van der Waals surface area (Å²) in [6.07, 6.45) is 0.160. The van der Waals surface area contributed by atoms with Crippen LogP contribution in [0.5, 0.6) is 5.75 Å². The van der Waals surface area contributed by atoms with Gasteiger partial charge in [0.25, 0.3) is 0 Å². The van der Waals surface area contributed by atoms with Gasteiger partial charge in [-0.15, -0.1) is 0 Å². The second-order valence-electron chi connectivity index (χ2n) is 7.02. The molecule has 162 valence electrons. The third-order valence-electron chi connectivity index (χ3n) is 4.77. The molecule has 1 unspecified atom stereocenters. The lowest BCUT2D eigenvalue weighted by molar-refractivity contribution is -0.141. The highest BCUT2D eigenvalue weighted by Gasteiger charge is 2.20. The number of benzene rings is 3. The van der Waals surface area contributed by atoms with E-state index in [4.69, 9.17) is 8.92 Å². The summed E-state index contributed by atoms with van der Waals surface area (Å²) in [5.74, 6) is -0.354. The van der Waals surface area contributed by atoms with Gasteiger partial charge in [-0.3, -0.25) is 4.79 Å². The van der Waals surface area contributed by atoms with Gasteiger partial charge >= 0.3 is 16.1 Å². The van der Waals surface area contributed by atoms with Crippen LogP contribution in [0, 0.1) is 0 Å². The van der Waals surface area contributed by atoms with Gasteiger partial charge in [-0.25, -0.2) is 0 Å². The summed E-state index contributed by atoms with van der Waals surface area (Å²) in [5.41, 5.74) is 1.91. The van der Waals surface area contributed by atoms with E-state index in [1.807, 2.05) is 36.4 Å². The Morgan fingerprint density at radius 2 is 1.61 bits per heavy atom. The molecule has 3 aromatic carbocycles. The fourth-order valence-corrected chi connectivity index (χ4v) is 4.10. The third kappa shape index (κ3) is 6.67. The maximum Gasteiger partial charge on any atom is 0.339 e. The summed E-state index contributed by atoms with van der Waals surface area (Å²) in [4.78, 5) is 12.0. The predicted octanol–water partition coefficient (Wildman–Crippen LogP) is 3.89. The van der Waals surface area contributed by atoms with Crippen molar-refractivity contribution in [2.75, 3.05) is 13.7 Å². The SMILES string of the molecule is COC(=O)CC(CNCc1ccccc1)c1cccc(OS(=O)(=O)c2ccccc2)c1. The quantitative estimate of drug-likeness (QED) is 0.381. The van der Waals surface area contributed by atoms with Crippen molar-refractivity contribution in [2.24, 2.45) is 0 Å². The van der Waals surface area contributed by atoms with Gasteiger partial charge < -0.3 is 14.2 Å². The van der Waals surface area contributed by atoms with Crippen LogP contribution in [-0.4, -0.2) is 28.0 Å². The van der Waals surface area contributed by atoms with Crippen molar-refractivity contribution in [1.82, 2.24) is 5.32 Å². The van der Waals surface area contributed by atoms with Crippen molar-refractivity contribution in [3.05, 3.63) is 96.1 Å². The van der Waals surface area contributed by atoms with Gasteiger partial charge in [0.05, 0.1) is 13.5 Å². The molecule has 3 rings (SSSR count). The standard InChI is InChI=1S/C24H25NO5S/c1-29-24(26)16-21(18-25-17-19-9-4-2-5-10-19)20-11-8-12-22(15-20)30-31(27,28)23-13-6-3-7-14-23/h2-15,21,25H,16-18H2,1H3. The molecule has 31 heavy (non-hydrogen) atoms. The van der Waals surface area contributed by atoms with Crippen molar-refractivity contribution < 1.29 is 22.1 Å². The molecule has 0 heterocycles. The van der Waals surface area contributed by atoms with Crippen molar-refractivity contribution >= 4 is 16.1 Å². The molecule has 0 fully saturated rings. The summed E-state index contributed by atoms with van der Waals surface area (Å²) in [6, 6.07) is 24.7. The molecule has 0 aliphatic carbocycles. The first-order valence-corrected chi connectivity index (χ1v) is 11.3. The van der Waals surface area contributed by atoms with Crippen LogP contribution in [0.15, 0.2) is 89.8 Å². The van der Waals surface area contributed by atoms with Gasteiger partial charge in [0.2, 0.25) is 0 Å². The number of methoxy groups -OCH3 is 1. The minimum absolute atomic E-state index is 0.0797. The number of rotatable bonds is 10. The van der Waals surface area contributed by atoms with Crippen LogP contribution in [0.25, 0.3) is 0 Å². The lowest BCUT2D eigenvalue weighted by Gasteiger charge is -2.18. The molecule has 6 nitrogen and oxygen atoms in total. The monoisotopic (exact) mass is 439 g/mol. The Morgan fingerprint density at radius 3 is 2.29 bits per heavy atom. The van der Waals surface area contributed by atoms with E-state index in [0.29, 0.717) is 13.1 Å². The predicted molar refractivity (Wildman–Crippen MR) is 118 cm³/mol. The molecule has 1 atom stereocenters. The summed E-state index contributed by atoms with van der Waals surface area (Å²) < 4.78 is 35.2. The Bertz CT molecular complexity index is 1090. The lowest BCUT2D eigenvalue weighted by atomic mass is 9.95. The Kier molecular flexibility index (Phi) is 7.81. The van der Waals surface area contributed by atoms with Crippen LogP contribution in [0.4, 0.5) is 0 Å². The Hall–Kier alpha value is -3.16. The van der Waals surface area contributed by atoms with Gasteiger partial charge in [-0.1, -0.05) is 60.7 Å². The molecule has 0 spiro atoms. The summed E-state index contributed by atoms with van der Waals surface area (Å²) in [6.45, 7) is 1.16. The molecular formula is C24H25NO5S. The molecule has 1 N–H and O–H groups in total. The number of carbonyl (C=O) groups excluding carboxylic acids is 1. The van der Waals surface area contributed by atoms with Crippen molar-refractivity contribution in [1.29, 1.82) is 0 Å². The second kappa shape index (κ2) is 10.7. The number of hydrogen-bond acceptors (Lipinski definition) is 6. The third-order valence-corrected chi connectivity index (χ3v) is 6.03. The van der Waals surface area contributed by atoms with Gasteiger partial charge in [-0.2, -0.15) is 8.42 Å². The van der Waals surface area contributed by atoms with Crippen molar-refractivity contribution in [3.63, 3.8) is 0 Å². The van der Waals surface area contributed by atoms with Crippen LogP contribution < -0.4 is 9.50 Å². The molecule has 0 aliphatic heterocycles. The fraction of sp³-hybridized carbons (Fsp3) is 0.208. The smallest absolute Gasteiger partial charge is 0.339 e. The second-order valence-corrected chi connectivity index (χ2v) is 8.56. The van der Waals surface area contributed by atoms with Gasteiger partial charge in [-0.05, 0) is 35.4 Å². The maximum absolute atomic E-state index is 12.5. The van der Waals surface area contributed by atoms with Crippen molar-refractivity contribution in [3.8, 4) is 5.75 Å². The number of esters is 1. The lowest BCUT2D eigenvalue weighted by Crippen LogP contribution is -2.23. The van der Waals surface area contributed by atoms with E-state index in [-0.39, 0.29) is 29.0 Å². The Morgan fingerprint density at radius 1 is 0.935 bits per heavy atom. The minimum Gasteiger partial charge on any atom is -0.469 e. The topological polar surface area (TPSA) is 81.7 Å². The zero-order valence-electron chi connectivity index (χ0n) is 17.2. The molecule has 0 amide bonds. The molecule has 0 saturated carbocycles. The van der Waals surface area contributed by atoms with E-state index in [1.165, 1.54) is 19.2 Å². The molecule has 0 aromatic heterocycles. The fourth-order valence-electron chi connectivity index (χ4n) is 3.16. The molecule has 0 saturated heterocycles. The van der Waals surface area contributed by atoms with E-state index < -0.39 is 10.1 Å². The largest absolute Gasteiger partial charge is 0.469 e. The molecule has 0 radical (unpaired) electrons. The Balaban J connectivity index is 1.75. The van der Waals surface area contributed by atoms with Crippen LogP contribution >= 0.6 is 0 Å². The average molecular weight is 440 g/mol. The molecule has 3 aromatic rings. The molecular weight excluding hydrogens is 414 g/mol. The highest BCUT2D eigenvalue weighted by atomic mass is 32.2. The number of nitrogens with one attached hydrogen (secondary N) is 1. The van der Waals surface area contributed by atoms with E-state index in [2.05, 4.69) is 5.32 Å². The number of hydrogen-bond donors (Lipinski definition) is 1. The first-order valence-electron chi connectivity index (χ1n) is 9.89. The molecule has 0 aliphatic rings. The molecule has 0 bridgehead atoms. The van der Waals surface area contributed by atoms with Crippen LogP contribution in [0.2, 0.25) is 0 Å². The van der Waals surface area contributed by atoms with Crippen LogP contribution in [0.3, 0.4) is 0 Å². The first-order chi connectivity index (χ1) is 15.0. The van der Waals surface area contributed by atoms with Gasteiger partial charge in [0.15, 0.2) is 0 Å². The van der Waals surface area contributed by atoms with E-state index in [0.717, 1.165) is 11.1 Å². The van der Waals surface area contributed by atoms with Gasteiger partial charge in [0.1, 0.15) is 10.6 Å². The van der Waals surface area contributed by atoms with E-state index in [9.17, 15) is 13.2 Å². The van der Waals surface area contributed by atoms with Crippen LogP contribution in [-0.2, 0) is 26.2 Å². The maximum atomic E-state index is 12.5. The normalized spacial score (nSPS) is 12.2. The van der Waals surface area contributed by atoms with Crippen LogP contribution in [0.1, 0.15) is 23.5 Å². The average Bonchev–Trinajstić information content (AvgIpc) is 2.79. The first kappa shape index (κ1) is 22.5. The highest BCUT2D eigenvalue weighted by Crippen LogP contribution is 2.26. The summed E-state index contributed by atoms with van der Waals surface area (Å²) in [7, 11) is -2.59. The number of carbonyl (C=O) groups is 1. The molecule has 7 heteroatoms. The van der Waals surface area contributed by atoms with Crippen molar-refractivity contribution in [2.45, 2.75) is 23.8 Å². The van der Waals surface area contributed by atoms with E-state index in [1.54, 1.807) is 36.4 Å².